The fourth-order valence-corrected chi connectivity index (χ4v) is 2.73. The second-order valence-corrected chi connectivity index (χ2v) is 6.49. The fourth-order valence-electron chi connectivity index (χ4n) is 2.53. The lowest BCUT2D eigenvalue weighted by Gasteiger charge is -2.14. The SMILES string of the molecule is CC(C)c1noc2ncc(C(=O)NC(C)c3cccc(Cl)c3)cc12. The van der Waals surface area contributed by atoms with E-state index in [1.54, 1.807) is 12.1 Å². The molecular weight excluding hydrogens is 326 g/mol. The Morgan fingerprint density at radius 2 is 2.04 bits per heavy atom. The van der Waals surface area contributed by atoms with Crippen molar-refractivity contribution in [1.82, 2.24) is 15.5 Å². The Kier molecular flexibility index (Phi) is 4.53. The van der Waals surface area contributed by atoms with Crippen molar-refractivity contribution in [2.24, 2.45) is 0 Å². The monoisotopic (exact) mass is 343 g/mol. The van der Waals surface area contributed by atoms with Crippen molar-refractivity contribution in [3.8, 4) is 0 Å². The summed E-state index contributed by atoms with van der Waals surface area (Å²) < 4.78 is 5.20. The quantitative estimate of drug-likeness (QED) is 0.757. The van der Waals surface area contributed by atoms with Crippen LogP contribution in [-0.4, -0.2) is 16.0 Å². The molecule has 1 amide bonds. The number of benzene rings is 1. The lowest BCUT2D eigenvalue weighted by molar-refractivity contribution is 0.0939. The summed E-state index contributed by atoms with van der Waals surface area (Å²) in [6.07, 6.45) is 1.50. The van der Waals surface area contributed by atoms with Gasteiger partial charge in [-0.3, -0.25) is 4.79 Å². The minimum Gasteiger partial charge on any atom is -0.345 e. The van der Waals surface area contributed by atoms with E-state index >= 15 is 0 Å². The number of fused-ring (bicyclic) bond motifs is 1. The number of carbonyl (C=O) groups is 1. The van der Waals surface area contributed by atoms with Gasteiger partial charge in [0.1, 0.15) is 0 Å². The van der Waals surface area contributed by atoms with Crippen LogP contribution in [0.25, 0.3) is 11.1 Å². The van der Waals surface area contributed by atoms with Crippen molar-refractivity contribution in [2.75, 3.05) is 0 Å². The van der Waals surface area contributed by atoms with Crippen molar-refractivity contribution in [3.05, 3.63) is 58.4 Å². The van der Waals surface area contributed by atoms with E-state index in [2.05, 4.69) is 15.5 Å². The van der Waals surface area contributed by atoms with Crippen molar-refractivity contribution in [2.45, 2.75) is 32.7 Å². The summed E-state index contributed by atoms with van der Waals surface area (Å²) in [5, 5.41) is 8.40. The van der Waals surface area contributed by atoms with Crippen molar-refractivity contribution in [1.29, 1.82) is 0 Å². The van der Waals surface area contributed by atoms with Gasteiger partial charge in [0.05, 0.1) is 22.7 Å². The second kappa shape index (κ2) is 6.61. The molecule has 0 aliphatic heterocycles. The Balaban J connectivity index is 1.84. The number of rotatable bonds is 4. The summed E-state index contributed by atoms with van der Waals surface area (Å²) in [7, 11) is 0. The van der Waals surface area contributed by atoms with Gasteiger partial charge in [-0.2, -0.15) is 0 Å². The molecule has 5 nitrogen and oxygen atoms in total. The fraction of sp³-hybridized carbons (Fsp3) is 0.278. The summed E-state index contributed by atoms with van der Waals surface area (Å²) in [6.45, 7) is 5.95. The van der Waals surface area contributed by atoms with Gasteiger partial charge >= 0.3 is 0 Å². The topological polar surface area (TPSA) is 68.0 Å². The van der Waals surface area contributed by atoms with Crippen molar-refractivity contribution < 1.29 is 9.32 Å². The zero-order chi connectivity index (χ0) is 17.3. The van der Waals surface area contributed by atoms with Gasteiger partial charge in [-0.25, -0.2) is 4.98 Å². The van der Waals surface area contributed by atoms with E-state index in [0.717, 1.165) is 16.6 Å². The predicted molar refractivity (Wildman–Crippen MR) is 93.2 cm³/mol. The molecule has 0 bridgehead atoms. The normalized spacial score (nSPS) is 12.5. The third kappa shape index (κ3) is 3.26. The van der Waals surface area contributed by atoms with Crippen LogP contribution in [0.1, 0.15) is 54.3 Å². The number of amides is 1. The number of nitrogens with one attached hydrogen (secondary N) is 1. The average Bonchev–Trinajstić information content (AvgIpc) is 2.98. The molecule has 2 aromatic heterocycles. The number of hydrogen-bond donors (Lipinski definition) is 1. The van der Waals surface area contributed by atoms with Crippen LogP contribution in [0, 0.1) is 0 Å². The highest BCUT2D eigenvalue weighted by atomic mass is 35.5. The maximum Gasteiger partial charge on any atom is 0.257 e. The van der Waals surface area contributed by atoms with Crippen LogP contribution in [0.3, 0.4) is 0 Å². The van der Waals surface area contributed by atoms with E-state index < -0.39 is 0 Å². The summed E-state index contributed by atoms with van der Waals surface area (Å²) in [5.41, 5.74) is 2.66. The van der Waals surface area contributed by atoms with Gasteiger partial charge in [-0.1, -0.05) is 42.7 Å². The van der Waals surface area contributed by atoms with Gasteiger partial charge in [0.25, 0.3) is 11.6 Å². The first kappa shape index (κ1) is 16.5. The first-order valence-electron chi connectivity index (χ1n) is 7.77. The van der Waals surface area contributed by atoms with Gasteiger partial charge in [-0.15, -0.1) is 0 Å². The molecule has 6 heteroatoms. The lowest BCUT2D eigenvalue weighted by Crippen LogP contribution is -2.26. The Morgan fingerprint density at radius 1 is 1.25 bits per heavy atom. The van der Waals surface area contributed by atoms with E-state index in [9.17, 15) is 4.79 Å². The standard InChI is InChI=1S/C18H18ClN3O2/c1-10(2)16-15-8-13(9-20-18(15)24-22-16)17(23)21-11(3)12-5-4-6-14(19)7-12/h4-11H,1-3H3,(H,21,23). The van der Waals surface area contributed by atoms with E-state index in [4.69, 9.17) is 16.1 Å². The molecule has 124 valence electrons. The van der Waals surface area contributed by atoms with Crippen molar-refractivity contribution >= 4 is 28.6 Å². The highest BCUT2D eigenvalue weighted by Crippen LogP contribution is 2.24. The third-order valence-electron chi connectivity index (χ3n) is 3.86. The number of nitrogens with zero attached hydrogens (tertiary/aromatic N) is 2. The first-order valence-corrected chi connectivity index (χ1v) is 8.15. The maximum atomic E-state index is 12.5. The minimum absolute atomic E-state index is 0.168. The highest BCUT2D eigenvalue weighted by molar-refractivity contribution is 6.30. The zero-order valence-electron chi connectivity index (χ0n) is 13.7. The Labute approximate surface area is 145 Å². The summed E-state index contributed by atoms with van der Waals surface area (Å²) in [4.78, 5) is 16.7. The number of hydrogen-bond acceptors (Lipinski definition) is 4. The molecule has 0 spiro atoms. The first-order chi connectivity index (χ1) is 11.5. The van der Waals surface area contributed by atoms with E-state index in [-0.39, 0.29) is 17.9 Å². The molecule has 1 N–H and O–H groups in total. The van der Waals surface area contributed by atoms with Gasteiger partial charge < -0.3 is 9.84 Å². The Hall–Kier alpha value is -2.40. The molecule has 0 fully saturated rings. The van der Waals surface area contributed by atoms with Gasteiger partial charge in [-0.05, 0) is 36.6 Å². The van der Waals surface area contributed by atoms with Crippen molar-refractivity contribution in [3.63, 3.8) is 0 Å². The maximum absolute atomic E-state index is 12.5. The van der Waals surface area contributed by atoms with Crippen LogP contribution >= 0.6 is 11.6 Å². The molecule has 1 aromatic carbocycles. The van der Waals surface area contributed by atoms with E-state index in [1.807, 2.05) is 39.0 Å². The molecule has 0 aliphatic rings. The number of carbonyl (C=O) groups excluding carboxylic acids is 1. The lowest BCUT2D eigenvalue weighted by atomic mass is 10.1. The number of halogens is 1. The van der Waals surface area contributed by atoms with Gasteiger partial charge in [0.15, 0.2) is 0 Å². The minimum atomic E-state index is -0.201. The van der Waals surface area contributed by atoms with Gasteiger partial charge in [0.2, 0.25) is 0 Å². The molecule has 3 rings (SSSR count). The van der Waals surface area contributed by atoms with Crippen LogP contribution in [0.2, 0.25) is 5.02 Å². The predicted octanol–water partition coefficient (Wildman–Crippen LogP) is 4.49. The second-order valence-electron chi connectivity index (χ2n) is 6.05. The van der Waals surface area contributed by atoms with Gasteiger partial charge in [0, 0.05) is 11.2 Å². The summed E-state index contributed by atoms with van der Waals surface area (Å²) in [6, 6.07) is 9.03. The molecule has 2 heterocycles. The largest absolute Gasteiger partial charge is 0.345 e. The average molecular weight is 344 g/mol. The molecule has 0 saturated heterocycles. The zero-order valence-corrected chi connectivity index (χ0v) is 14.5. The molecule has 0 saturated carbocycles. The Morgan fingerprint density at radius 3 is 2.75 bits per heavy atom. The third-order valence-corrected chi connectivity index (χ3v) is 4.10. The molecule has 1 unspecified atom stereocenters. The van der Waals surface area contributed by atoms with Crippen LogP contribution in [0.4, 0.5) is 0 Å². The molecular formula is C18H18ClN3O2. The van der Waals surface area contributed by atoms with Crippen LogP contribution in [0.15, 0.2) is 41.1 Å². The number of aromatic nitrogens is 2. The molecule has 24 heavy (non-hydrogen) atoms. The van der Waals surface area contributed by atoms with E-state index in [1.165, 1.54) is 6.20 Å². The Bertz CT molecular complexity index is 889. The molecule has 1 atom stereocenters. The van der Waals surface area contributed by atoms with Crippen LogP contribution < -0.4 is 5.32 Å². The summed E-state index contributed by atoms with van der Waals surface area (Å²) >= 11 is 6.00. The highest BCUT2D eigenvalue weighted by Gasteiger charge is 2.17. The molecule has 0 aliphatic carbocycles. The molecule has 3 aromatic rings. The smallest absolute Gasteiger partial charge is 0.257 e. The van der Waals surface area contributed by atoms with Crippen LogP contribution in [0.5, 0.6) is 0 Å². The van der Waals surface area contributed by atoms with E-state index in [0.29, 0.717) is 16.3 Å². The molecule has 0 radical (unpaired) electrons. The summed E-state index contributed by atoms with van der Waals surface area (Å²) in [5.74, 6) is -0.00970. The number of pyridine rings is 1. The van der Waals surface area contributed by atoms with Crippen LogP contribution in [-0.2, 0) is 0 Å².